The van der Waals surface area contributed by atoms with E-state index in [1.165, 1.54) is 12.1 Å². The first-order valence-corrected chi connectivity index (χ1v) is 4.60. The Kier molecular flexibility index (Phi) is 2.55. The molecule has 1 fully saturated rings. The van der Waals surface area contributed by atoms with Crippen LogP contribution in [0.15, 0.2) is 18.2 Å². The van der Waals surface area contributed by atoms with E-state index in [0.717, 1.165) is 0 Å². The fourth-order valence-electron chi connectivity index (χ4n) is 1.36. The third-order valence-corrected chi connectivity index (χ3v) is 2.24. The Morgan fingerprint density at radius 3 is 2.80 bits per heavy atom. The molecule has 15 heavy (non-hydrogen) atoms. The molecule has 1 aromatic carbocycles. The summed E-state index contributed by atoms with van der Waals surface area (Å²) in [6, 6.07) is 4.44. The minimum Gasteiger partial charge on any atom is -0.378 e. The molecule has 0 radical (unpaired) electrons. The number of carbonyl (C=O) groups is 1. The second kappa shape index (κ2) is 3.86. The second-order valence-corrected chi connectivity index (χ2v) is 3.44. The maximum absolute atomic E-state index is 13.1. The number of amides is 1. The van der Waals surface area contributed by atoms with Crippen LogP contribution < -0.4 is 11.1 Å². The molecule has 2 rings (SSSR count). The minimum absolute atomic E-state index is 0.0970. The summed E-state index contributed by atoms with van der Waals surface area (Å²) >= 11 is 0. The van der Waals surface area contributed by atoms with Crippen LogP contribution in [0.2, 0.25) is 0 Å². The average molecular weight is 210 g/mol. The predicted octanol–water partition coefficient (Wildman–Crippen LogP) is 0.735. The van der Waals surface area contributed by atoms with Crippen molar-refractivity contribution in [3.63, 3.8) is 0 Å². The van der Waals surface area contributed by atoms with Crippen molar-refractivity contribution >= 4 is 11.6 Å². The molecule has 0 unspecified atom stereocenters. The molecular weight excluding hydrogens is 199 g/mol. The lowest BCUT2D eigenvalue weighted by molar-refractivity contribution is 0.0211. The average Bonchev–Trinajstić information content (AvgIpc) is 2.13. The quantitative estimate of drug-likeness (QED) is 0.773. The third-order valence-electron chi connectivity index (χ3n) is 2.24. The number of nitrogens with one attached hydrogen (secondary N) is 1. The van der Waals surface area contributed by atoms with Gasteiger partial charge in [0.2, 0.25) is 0 Å². The van der Waals surface area contributed by atoms with Gasteiger partial charge in [-0.2, -0.15) is 0 Å². The molecular formula is C10H11FN2O2. The number of primary amides is 1. The van der Waals surface area contributed by atoms with Gasteiger partial charge in [-0.05, 0) is 18.2 Å². The van der Waals surface area contributed by atoms with Gasteiger partial charge in [0.05, 0.1) is 24.8 Å². The molecule has 1 amide bonds. The van der Waals surface area contributed by atoms with Crippen molar-refractivity contribution in [2.75, 3.05) is 18.5 Å². The highest BCUT2D eigenvalue weighted by Crippen LogP contribution is 2.17. The minimum atomic E-state index is -0.763. The van der Waals surface area contributed by atoms with E-state index >= 15 is 0 Å². The largest absolute Gasteiger partial charge is 0.378 e. The Morgan fingerprint density at radius 2 is 2.27 bits per heavy atom. The van der Waals surface area contributed by atoms with Crippen LogP contribution >= 0.6 is 0 Å². The SMILES string of the molecule is NC(=O)c1cc(NC2COC2)ccc1F. The topological polar surface area (TPSA) is 64.4 Å². The van der Waals surface area contributed by atoms with E-state index in [2.05, 4.69) is 5.32 Å². The summed E-state index contributed by atoms with van der Waals surface area (Å²) in [6.07, 6.45) is 0. The number of anilines is 1. The van der Waals surface area contributed by atoms with Gasteiger partial charge >= 0.3 is 0 Å². The van der Waals surface area contributed by atoms with E-state index in [-0.39, 0.29) is 11.6 Å². The highest BCUT2D eigenvalue weighted by molar-refractivity contribution is 5.94. The lowest BCUT2D eigenvalue weighted by Crippen LogP contribution is -2.40. The van der Waals surface area contributed by atoms with Gasteiger partial charge in [0.25, 0.3) is 5.91 Å². The van der Waals surface area contributed by atoms with Crippen LogP contribution in [0.25, 0.3) is 0 Å². The number of hydrogen-bond donors (Lipinski definition) is 2. The van der Waals surface area contributed by atoms with Gasteiger partial charge in [0.15, 0.2) is 0 Å². The van der Waals surface area contributed by atoms with Crippen molar-refractivity contribution in [1.82, 2.24) is 0 Å². The summed E-state index contributed by atoms with van der Waals surface area (Å²) in [5.41, 5.74) is 5.61. The lowest BCUT2D eigenvalue weighted by atomic mass is 10.1. The van der Waals surface area contributed by atoms with Gasteiger partial charge < -0.3 is 15.8 Å². The molecule has 0 spiro atoms. The molecule has 3 N–H and O–H groups in total. The van der Waals surface area contributed by atoms with Crippen molar-refractivity contribution in [3.8, 4) is 0 Å². The zero-order valence-electron chi connectivity index (χ0n) is 8.00. The highest BCUT2D eigenvalue weighted by Gasteiger charge is 2.18. The molecule has 80 valence electrons. The Balaban J connectivity index is 2.17. The number of carbonyl (C=O) groups excluding carboxylic acids is 1. The predicted molar refractivity (Wildman–Crippen MR) is 53.1 cm³/mol. The molecule has 1 saturated heterocycles. The number of benzene rings is 1. The third kappa shape index (κ3) is 2.07. The number of halogens is 1. The Bertz CT molecular complexity index is 391. The van der Waals surface area contributed by atoms with E-state index in [4.69, 9.17) is 10.5 Å². The number of ether oxygens (including phenoxy) is 1. The monoisotopic (exact) mass is 210 g/mol. The fraction of sp³-hybridized carbons (Fsp3) is 0.300. The molecule has 0 atom stereocenters. The first kappa shape index (κ1) is 9.92. The maximum Gasteiger partial charge on any atom is 0.251 e. The first-order valence-electron chi connectivity index (χ1n) is 4.60. The zero-order valence-corrected chi connectivity index (χ0v) is 8.00. The van der Waals surface area contributed by atoms with Gasteiger partial charge in [-0.1, -0.05) is 0 Å². The summed E-state index contributed by atoms with van der Waals surface area (Å²) < 4.78 is 18.1. The van der Waals surface area contributed by atoms with E-state index in [0.29, 0.717) is 18.9 Å². The smallest absolute Gasteiger partial charge is 0.251 e. The molecule has 0 saturated carbocycles. The highest BCUT2D eigenvalue weighted by atomic mass is 19.1. The lowest BCUT2D eigenvalue weighted by Gasteiger charge is -2.27. The van der Waals surface area contributed by atoms with Gasteiger partial charge in [-0.15, -0.1) is 0 Å². The normalized spacial score (nSPS) is 15.8. The van der Waals surface area contributed by atoms with Gasteiger partial charge in [-0.25, -0.2) is 4.39 Å². The van der Waals surface area contributed by atoms with Crippen LogP contribution in [0.4, 0.5) is 10.1 Å². The molecule has 1 heterocycles. The van der Waals surface area contributed by atoms with Crippen molar-refractivity contribution in [2.45, 2.75) is 6.04 Å². The number of rotatable bonds is 3. The van der Waals surface area contributed by atoms with E-state index in [1.54, 1.807) is 6.07 Å². The molecule has 0 aromatic heterocycles. The molecule has 1 aliphatic heterocycles. The summed E-state index contributed by atoms with van der Waals surface area (Å²) in [5, 5.41) is 3.10. The van der Waals surface area contributed by atoms with E-state index < -0.39 is 11.7 Å². The second-order valence-electron chi connectivity index (χ2n) is 3.44. The van der Waals surface area contributed by atoms with Gasteiger partial charge in [0.1, 0.15) is 5.82 Å². The van der Waals surface area contributed by atoms with Crippen LogP contribution in [-0.4, -0.2) is 25.2 Å². The van der Waals surface area contributed by atoms with Gasteiger partial charge in [-0.3, -0.25) is 4.79 Å². The number of nitrogens with two attached hydrogens (primary N) is 1. The van der Waals surface area contributed by atoms with E-state index in [9.17, 15) is 9.18 Å². The number of hydrogen-bond acceptors (Lipinski definition) is 3. The summed E-state index contributed by atoms with van der Waals surface area (Å²) in [7, 11) is 0. The Morgan fingerprint density at radius 1 is 1.53 bits per heavy atom. The molecule has 1 aliphatic rings. The van der Waals surface area contributed by atoms with Crippen LogP contribution in [0, 0.1) is 5.82 Å². The van der Waals surface area contributed by atoms with Crippen molar-refractivity contribution < 1.29 is 13.9 Å². The maximum atomic E-state index is 13.1. The standard InChI is InChI=1S/C10H11FN2O2/c11-9-2-1-6(3-8(9)10(12)14)13-7-4-15-5-7/h1-3,7,13H,4-5H2,(H2,12,14). The summed E-state index contributed by atoms with van der Waals surface area (Å²) in [4.78, 5) is 10.9. The van der Waals surface area contributed by atoms with Crippen molar-refractivity contribution in [2.24, 2.45) is 5.73 Å². The van der Waals surface area contributed by atoms with Crippen LogP contribution in [0.1, 0.15) is 10.4 Å². The van der Waals surface area contributed by atoms with E-state index in [1.807, 2.05) is 0 Å². The van der Waals surface area contributed by atoms with Crippen LogP contribution in [0.3, 0.4) is 0 Å². The molecule has 4 nitrogen and oxygen atoms in total. The molecule has 0 bridgehead atoms. The fourth-order valence-corrected chi connectivity index (χ4v) is 1.36. The summed E-state index contributed by atoms with van der Waals surface area (Å²) in [5.74, 6) is -1.36. The van der Waals surface area contributed by atoms with Crippen molar-refractivity contribution in [1.29, 1.82) is 0 Å². The van der Waals surface area contributed by atoms with Gasteiger partial charge in [0, 0.05) is 5.69 Å². The zero-order chi connectivity index (χ0) is 10.8. The molecule has 5 heteroatoms. The van der Waals surface area contributed by atoms with Crippen LogP contribution in [-0.2, 0) is 4.74 Å². The van der Waals surface area contributed by atoms with Crippen molar-refractivity contribution in [3.05, 3.63) is 29.6 Å². The summed E-state index contributed by atoms with van der Waals surface area (Å²) in [6.45, 7) is 1.26. The van der Waals surface area contributed by atoms with Crippen LogP contribution in [0.5, 0.6) is 0 Å². The Hall–Kier alpha value is -1.62. The molecule has 1 aromatic rings. The first-order chi connectivity index (χ1) is 7.16. The Labute approximate surface area is 86.2 Å². The molecule has 0 aliphatic carbocycles.